The zero-order valence-electron chi connectivity index (χ0n) is 13.7. The molecule has 122 valence electrons. The van der Waals surface area contributed by atoms with Crippen LogP contribution >= 0.6 is 0 Å². The summed E-state index contributed by atoms with van der Waals surface area (Å²) in [4.78, 5) is 13.3. The molecular weight excluding hydrogens is 282 g/mol. The molecule has 0 aliphatic carbocycles. The molecule has 1 N–H and O–H groups in total. The number of esters is 1. The van der Waals surface area contributed by atoms with E-state index in [4.69, 9.17) is 14.2 Å². The summed E-state index contributed by atoms with van der Waals surface area (Å²) < 4.78 is 15.8. The fourth-order valence-electron chi connectivity index (χ4n) is 3.04. The number of rotatable bonds is 6. The fourth-order valence-corrected chi connectivity index (χ4v) is 3.04. The van der Waals surface area contributed by atoms with Crippen LogP contribution in [0.25, 0.3) is 0 Å². The van der Waals surface area contributed by atoms with Crippen molar-refractivity contribution >= 4 is 5.97 Å². The molecule has 1 aliphatic rings. The molecule has 0 bridgehead atoms. The Morgan fingerprint density at radius 2 is 2.14 bits per heavy atom. The van der Waals surface area contributed by atoms with Crippen LogP contribution in [0.3, 0.4) is 0 Å². The molecule has 1 aliphatic heterocycles. The van der Waals surface area contributed by atoms with Gasteiger partial charge in [0.1, 0.15) is 24.0 Å². The summed E-state index contributed by atoms with van der Waals surface area (Å²) >= 11 is 0. The largest absolute Gasteiger partial charge is 0.497 e. The van der Waals surface area contributed by atoms with Crippen LogP contribution in [0, 0.1) is 5.92 Å². The van der Waals surface area contributed by atoms with Crippen LogP contribution in [0.4, 0.5) is 0 Å². The van der Waals surface area contributed by atoms with Crippen molar-refractivity contribution in [2.75, 3.05) is 33.9 Å². The van der Waals surface area contributed by atoms with Crippen molar-refractivity contribution in [1.82, 2.24) is 0 Å². The highest BCUT2D eigenvalue weighted by atomic mass is 16.5. The molecule has 1 aromatic rings. The van der Waals surface area contributed by atoms with Crippen molar-refractivity contribution in [3.05, 3.63) is 23.8 Å². The van der Waals surface area contributed by atoms with Crippen molar-refractivity contribution in [2.45, 2.75) is 26.3 Å². The fraction of sp³-hybridized carbons (Fsp3) is 0.588. The van der Waals surface area contributed by atoms with E-state index in [1.165, 1.54) is 4.90 Å². The van der Waals surface area contributed by atoms with Crippen LogP contribution in [0.5, 0.6) is 11.5 Å². The number of carbonyl (C=O) groups excluding carboxylic acids is 1. The standard InChI is InChI=1S/C17H25NO4/c1-4-22-17(19)14-6-5-9-18(12-14)11-13-7-8-15(20-2)10-16(13)21-3/h7-8,10,14H,4-6,9,11-12H2,1-3H3/p+1/t14-/m1/s1. The SMILES string of the molecule is CCOC(=O)[C@@H]1CCC[NH+](Cc2ccc(OC)cc2OC)C1. The topological polar surface area (TPSA) is 49.2 Å². The van der Waals surface area contributed by atoms with E-state index in [9.17, 15) is 4.79 Å². The number of piperidine rings is 1. The highest BCUT2D eigenvalue weighted by Crippen LogP contribution is 2.24. The lowest BCUT2D eigenvalue weighted by Crippen LogP contribution is -3.12. The summed E-state index contributed by atoms with van der Waals surface area (Å²) in [5.74, 6) is 1.60. The molecule has 0 amide bonds. The maximum atomic E-state index is 11.9. The second-order valence-corrected chi connectivity index (χ2v) is 5.65. The molecule has 0 radical (unpaired) electrons. The van der Waals surface area contributed by atoms with Crippen LogP contribution in [0.1, 0.15) is 25.3 Å². The average Bonchev–Trinajstić information content (AvgIpc) is 2.55. The van der Waals surface area contributed by atoms with Gasteiger partial charge in [0.2, 0.25) is 0 Å². The number of benzene rings is 1. The van der Waals surface area contributed by atoms with Crippen LogP contribution < -0.4 is 14.4 Å². The molecule has 22 heavy (non-hydrogen) atoms. The van der Waals surface area contributed by atoms with Gasteiger partial charge in [-0.3, -0.25) is 4.79 Å². The molecule has 0 spiro atoms. The molecule has 0 saturated carbocycles. The summed E-state index contributed by atoms with van der Waals surface area (Å²) in [5, 5.41) is 0. The molecule has 0 aromatic heterocycles. The first-order valence-electron chi connectivity index (χ1n) is 7.89. The summed E-state index contributed by atoms with van der Waals surface area (Å²) in [6, 6.07) is 5.89. The Hall–Kier alpha value is -1.75. The van der Waals surface area contributed by atoms with E-state index in [-0.39, 0.29) is 11.9 Å². The smallest absolute Gasteiger partial charge is 0.314 e. The van der Waals surface area contributed by atoms with E-state index >= 15 is 0 Å². The number of likely N-dealkylation sites (tertiary alicyclic amines) is 1. The van der Waals surface area contributed by atoms with Gasteiger partial charge < -0.3 is 19.1 Å². The van der Waals surface area contributed by atoms with E-state index in [0.29, 0.717) is 6.61 Å². The monoisotopic (exact) mass is 308 g/mol. The van der Waals surface area contributed by atoms with Gasteiger partial charge in [0.15, 0.2) is 0 Å². The van der Waals surface area contributed by atoms with Gasteiger partial charge in [-0.1, -0.05) is 0 Å². The number of carbonyl (C=O) groups is 1. The summed E-state index contributed by atoms with van der Waals surface area (Å²) in [6.07, 6.45) is 1.99. The van der Waals surface area contributed by atoms with Crippen molar-refractivity contribution < 1.29 is 23.9 Å². The lowest BCUT2D eigenvalue weighted by atomic mass is 9.97. The first kappa shape index (κ1) is 16.6. The maximum absolute atomic E-state index is 11.9. The third kappa shape index (κ3) is 4.13. The zero-order chi connectivity index (χ0) is 15.9. The summed E-state index contributed by atoms with van der Waals surface area (Å²) in [7, 11) is 3.32. The Morgan fingerprint density at radius 1 is 1.32 bits per heavy atom. The Morgan fingerprint density at radius 3 is 2.82 bits per heavy atom. The number of nitrogens with one attached hydrogen (secondary N) is 1. The zero-order valence-corrected chi connectivity index (χ0v) is 13.7. The molecular formula is C17H26NO4+. The Balaban J connectivity index is 2.02. The van der Waals surface area contributed by atoms with E-state index < -0.39 is 0 Å². The molecule has 5 heteroatoms. The van der Waals surface area contributed by atoms with E-state index in [0.717, 1.165) is 49.5 Å². The molecule has 1 aromatic carbocycles. The van der Waals surface area contributed by atoms with Crippen LogP contribution in [-0.4, -0.2) is 39.9 Å². The number of quaternary nitrogens is 1. The Kier molecular flexibility index (Phi) is 6.07. The van der Waals surface area contributed by atoms with Gasteiger partial charge in [-0.2, -0.15) is 0 Å². The van der Waals surface area contributed by atoms with Gasteiger partial charge in [0, 0.05) is 11.6 Å². The van der Waals surface area contributed by atoms with Gasteiger partial charge in [-0.15, -0.1) is 0 Å². The number of hydrogen-bond donors (Lipinski definition) is 1. The predicted molar refractivity (Wildman–Crippen MR) is 83.3 cm³/mol. The Labute approximate surface area is 132 Å². The highest BCUT2D eigenvalue weighted by Gasteiger charge is 2.30. The van der Waals surface area contributed by atoms with Gasteiger partial charge >= 0.3 is 5.97 Å². The van der Waals surface area contributed by atoms with Gasteiger partial charge in [-0.05, 0) is 31.9 Å². The van der Waals surface area contributed by atoms with Crippen LogP contribution in [0.2, 0.25) is 0 Å². The third-order valence-corrected chi connectivity index (χ3v) is 4.17. The molecule has 2 atom stereocenters. The second-order valence-electron chi connectivity index (χ2n) is 5.65. The van der Waals surface area contributed by atoms with Gasteiger partial charge in [0.05, 0.1) is 33.9 Å². The third-order valence-electron chi connectivity index (χ3n) is 4.17. The van der Waals surface area contributed by atoms with Gasteiger partial charge in [0.25, 0.3) is 0 Å². The molecule has 1 saturated heterocycles. The lowest BCUT2D eigenvalue weighted by Gasteiger charge is -2.29. The molecule has 1 unspecified atom stereocenters. The molecule has 2 rings (SSSR count). The Bertz CT molecular complexity index is 503. The minimum absolute atomic E-state index is 0.0212. The van der Waals surface area contributed by atoms with Crippen molar-refractivity contribution in [2.24, 2.45) is 5.92 Å². The molecule has 1 heterocycles. The summed E-state index contributed by atoms with van der Waals surface area (Å²) in [6.45, 7) is 5.06. The predicted octanol–water partition coefficient (Wildman–Crippen LogP) is 1.06. The first-order chi connectivity index (χ1) is 10.7. The van der Waals surface area contributed by atoms with E-state index in [1.807, 2.05) is 25.1 Å². The van der Waals surface area contributed by atoms with Crippen molar-refractivity contribution in [1.29, 1.82) is 0 Å². The van der Waals surface area contributed by atoms with Crippen LogP contribution in [0.15, 0.2) is 18.2 Å². The molecule has 1 fully saturated rings. The quantitative estimate of drug-likeness (QED) is 0.799. The lowest BCUT2D eigenvalue weighted by molar-refractivity contribution is -0.921. The molecule has 5 nitrogen and oxygen atoms in total. The van der Waals surface area contributed by atoms with E-state index in [2.05, 4.69) is 0 Å². The maximum Gasteiger partial charge on any atom is 0.314 e. The average molecular weight is 308 g/mol. The first-order valence-corrected chi connectivity index (χ1v) is 7.89. The number of ether oxygens (including phenoxy) is 3. The normalized spacial score (nSPS) is 21.2. The minimum atomic E-state index is -0.0543. The van der Waals surface area contributed by atoms with Crippen LogP contribution in [-0.2, 0) is 16.1 Å². The van der Waals surface area contributed by atoms with Crippen molar-refractivity contribution in [3.63, 3.8) is 0 Å². The number of hydrogen-bond acceptors (Lipinski definition) is 4. The highest BCUT2D eigenvalue weighted by molar-refractivity contribution is 5.72. The second kappa shape index (κ2) is 8.03. The minimum Gasteiger partial charge on any atom is -0.497 e. The summed E-state index contributed by atoms with van der Waals surface area (Å²) in [5.41, 5.74) is 1.14. The van der Waals surface area contributed by atoms with E-state index in [1.54, 1.807) is 14.2 Å². The van der Waals surface area contributed by atoms with Crippen molar-refractivity contribution in [3.8, 4) is 11.5 Å². The number of methoxy groups -OCH3 is 2. The van der Waals surface area contributed by atoms with Gasteiger partial charge in [-0.25, -0.2) is 0 Å².